The molecule has 2 amide bonds. The molecule has 0 radical (unpaired) electrons. The number of cyclic esters (lactones) is 1. The molecule has 0 saturated carbocycles. The van der Waals surface area contributed by atoms with Gasteiger partial charge in [-0.05, 0) is 24.8 Å². The minimum absolute atomic E-state index is 0.137. The molecule has 1 unspecified atom stereocenters. The molecule has 0 aromatic heterocycles. The fourth-order valence-corrected chi connectivity index (χ4v) is 9.04. The van der Waals surface area contributed by atoms with Gasteiger partial charge in [0.1, 0.15) is 6.04 Å². The van der Waals surface area contributed by atoms with Crippen molar-refractivity contribution >= 4 is 29.5 Å². The zero-order valence-corrected chi connectivity index (χ0v) is 24.1. The molecular formula is C31H39N3O6S. The number of benzene rings is 1. The van der Waals surface area contributed by atoms with Gasteiger partial charge in [0.05, 0.1) is 49.1 Å². The van der Waals surface area contributed by atoms with Crippen LogP contribution in [0.2, 0.25) is 0 Å². The third kappa shape index (κ3) is 5.24. The largest absolute Gasteiger partial charge is 0.465 e. The molecule has 1 spiro atoms. The van der Waals surface area contributed by atoms with Crippen molar-refractivity contribution in [3.05, 3.63) is 60.2 Å². The maximum absolute atomic E-state index is 14.6. The Balaban J connectivity index is 1.40. The van der Waals surface area contributed by atoms with Gasteiger partial charge in [0.2, 0.25) is 11.8 Å². The van der Waals surface area contributed by atoms with E-state index in [1.165, 1.54) is 0 Å². The van der Waals surface area contributed by atoms with Crippen LogP contribution in [0.5, 0.6) is 0 Å². The molecule has 41 heavy (non-hydrogen) atoms. The Labute approximate surface area is 245 Å². The molecule has 0 aliphatic carbocycles. The molecule has 220 valence electrons. The zero-order valence-electron chi connectivity index (χ0n) is 23.3. The third-order valence-electron chi connectivity index (χ3n) is 9.11. The topological polar surface area (TPSA) is 99.6 Å². The van der Waals surface area contributed by atoms with Gasteiger partial charge >= 0.3 is 5.97 Å². The minimum atomic E-state index is -0.948. The number of carbonyl (C=O) groups is 3. The van der Waals surface area contributed by atoms with Crippen molar-refractivity contribution in [1.82, 2.24) is 14.7 Å². The highest BCUT2D eigenvalue weighted by Crippen LogP contribution is 2.61. The molecule has 3 fully saturated rings. The van der Waals surface area contributed by atoms with E-state index in [-0.39, 0.29) is 29.6 Å². The first-order valence-electron chi connectivity index (χ1n) is 14.8. The van der Waals surface area contributed by atoms with Crippen LogP contribution >= 0.6 is 11.8 Å². The highest BCUT2D eigenvalue weighted by Gasteiger charge is 2.71. The summed E-state index contributed by atoms with van der Waals surface area (Å²) < 4.78 is 10.3. The predicted octanol–water partition coefficient (Wildman–Crippen LogP) is 2.03. The fraction of sp³-hybridized carbons (Fsp3) is 0.581. The van der Waals surface area contributed by atoms with E-state index < -0.39 is 28.7 Å². The van der Waals surface area contributed by atoms with Crippen LogP contribution in [0, 0.1) is 11.8 Å². The smallest absolute Gasteiger partial charge is 0.311 e. The first-order chi connectivity index (χ1) is 20.0. The second-order valence-corrected chi connectivity index (χ2v) is 12.9. The number of fused-ring (bicyclic) bond motifs is 2. The molecule has 1 aromatic carbocycles. The summed E-state index contributed by atoms with van der Waals surface area (Å²) in [6, 6.07) is 7.80. The molecule has 10 heteroatoms. The Hall–Kier alpha value is -2.66. The van der Waals surface area contributed by atoms with Gasteiger partial charge in [0, 0.05) is 38.0 Å². The summed E-state index contributed by atoms with van der Waals surface area (Å²) >= 11 is 1.54. The van der Waals surface area contributed by atoms with E-state index in [0.29, 0.717) is 32.9 Å². The van der Waals surface area contributed by atoms with Crippen molar-refractivity contribution < 1.29 is 29.0 Å². The summed E-state index contributed by atoms with van der Waals surface area (Å²) in [6.45, 7) is 4.69. The lowest BCUT2D eigenvalue weighted by molar-refractivity contribution is -0.153. The monoisotopic (exact) mass is 581 g/mol. The molecule has 6 rings (SSSR count). The van der Waals surface area contributed by atoms with E-state index in [4.69, 9.17) is 9.47 Å². The number of aliphatic hydroxyl groups is 1. The van der Waals surface area contributed by atoms with Gasteiger partial charge in [-0.3, -0.25) is 19.3 Å². The van der Waals surface area contributed by atoms with Crippen molar-refractivity contribution in [1.29, 1.82) is 0 Å². The van der Waals surface area contributed by atoms with Crippen LogP contribution < -0.4 is 0 Å². The number of hydrogen-bond donors (Lipinski definition) is 1. The van der Waals surface area contributed by atoms with Crippen LogP contribution in [0.4, 0.5) is 0 Å². The number of ether oxygens (including phenoxy) is 2. The number of thioether (sulfide) groups is 1. The van der Waals surface area contributed by atoms with Crippen LogP contribution in [0.3, 0.4) is 0 Å². The molecule has 0 bridgehead atoms. The molecule has 9 nitrogen and oxygen atoms in total. The van der Waals surface area contributed by atoms with Crippen LogP contribution in [0.1, 0.15) is 30.9 Å². The predicted molar refractivity (Wildman–Crippen MR) is 155 cm³/mol. The average molecular weight is 582 g/mol. The van der Waals surface area contributed by atoms with Crippen molar-refractivity contribution in [2.75, 3.05) is 59.2 Å². The Kier molecular flexibility index (Phi) is 8.53. The normalized spacial score (nSPS) is 33.9. The number of allylic oxidation sites excluding steroid dienone is 1. The quantitative estimate of drug-likeness (QED) is 0.403. The van der Waals surface area contributed by atoms with Gasteiger partial charge in [-0.1, -0.05) is 54.6 Å². The van der Waals surface area contributed by atoms with E-state index in [2.05, 4.69) is 11.0 Å². The Morgan fingerprint density at radius 2 is 1.80 bits per heavy atom. The van der Waals surface area contributed by atoms with E-state index in [1.54, 1.807) is 16.7 Å². The number of nitrogens with zero attached hydrogens (tertiary/aromatic N) is 3. The van der Waals surface area contributed by atoms with Gasteiger partial charge in [-0.15, -0.1) is 11.8 Å². The minimum Gasteiger partial charge on any atom is -0.465 e. The summed E-state index contributed by atoms with van der Waals surface area (Å²) in [5.41, 5.74) is 0.759. The maximum Gasteiger partial charge on any atom is 0.311 e. The summed E-state index contributed by atoms with van der Waals surface area (Å²) in [6.07, 6.45) is 10.8. The van der Waals surface area contributed by atoms with Crippen molar-refractivity contribution in [3.8, 4) is 0 Å². The number of esters is 1. The molecule has 5 aliphatic heterocycles. The van der Waals surface area contributed by atoms with Crippen LogP contribution in [0.25, 0.3) is 0 Å². The molecule has 1 aromatic rings. The number of likely N-dealkylation sites (tertiary alicyclic amines) is 1. The summed E-state index contributed by atoms with van der Waals surface area (Å²) in [4.78, 5) is 48.5. The van der Waals surface area contributed by atoms with Gasteiger partial charge in [0.15, 0.2) is 0 Å². The SMILES string of the molecule is O=C1OCCCC/C=C\[C@@H]2S[C@]34C=CCN(CCN5CCOCC5)C(=O)C3N([C@H](CO)c3ccccc3)C(=O)[C@@H]4[C@H]12. The molecular weight excluding hydrogens is 542 g/mol. The lowest BCUT2D eigenvalue weighted by Crippen LogP contribution is -2.55. The summed E-state index contributed by atoms with van der Waals surface area (Å²) in [5, 5.41) is 10.4. The van der Waals surface area contributed by atoms with E-state index in [0.717, 1.165) is 44.5 Å². The Bertz CT molecular complexity index is 1190. The molecule has 3 saturated heterocycles. The van der Waals surface area contributed by atoms with Crippen molar-refractivity contribution in [2.24, 2.45) is 11.8 Å². The first-order valence-corrected chi connectivity index (χ1v) is 15.7. The lowest BCUT2D eigenvalue weighted by Gasteiger charge is -2.39. The molecule has 1 N–H and O–H groups in total. The average Bonchev–Trinajstić information content (AvgIpc) is 3.39. The fourth-order valence-electron chi connectivity index (χ4n) is 7.06. The summed E-state index contributed by atoms with van der Waals surface area (Å²) in [5.74, 6) is -2.26. The zero-order chi connectivity index (χ0) is 28.4. The first kappa shape index (κ1) is 28.5. The Morgan fingerprint density at radius 3 is 2.59 bits per heavy atom. The number of carbonyl (C=O) groups excluding carboxylic acids is 3. The molecule has 5 aliphatic rings. The van der Waals surface area contributed by atoms with Gasteiger partial charge in [-0.2, -0.15) is 0 Å². The second-order valence-electron chi connectivity index (χ2n) is 11.4. The van der Waals surface area contributed by atoms with Crippen LogP contribution in [-0.4, -0.2) is 113 Å². The standard InChI is InChI=1S/C31H39N3O6S/c35-21-23(22-9-4-3-5-10-22)34-27-29(37)33(15-14-32-16-19-39-20-17-32)13-8-12-31(27)26(28(34)36)25-24(41-31)11-6-1-2-7-18-40-30(25)38/h3-6,8-12,23-27,35H,1-2,7,13-21H2/b11-6-/t23-,24+,25-,26+,27?,31+/m1/s1. The second kappa shape index (κ2) is 12.3. The van der Waals surface area contributed by atoms with E-state index >= 15 is 0 Å². The van der Waals surface area contributed by atoms with Gasteiger partial charge in [-0.25, -0.2) is 0 Å². The van der Waals surface area contributed by atoms with E-state index in [1.807, 2.05) is 53.5 Å². The number of hydrogen-bond acceptors (Lipinski definition) is 8. The highest BCUT2D eigenvalue weighted by molar-refractivity contribution is 8.02. The highest BCUT2D eigenvalue weighted by atomic mass is 32.2. The Morgan fingerprint density at radius 1 is 1.00 bits per heavy atom. The summed E-state index contributed by atoms with van der Waals surface area (Å²) in [7, 11) is 0. The maximum atomic E-state index is 14.6. The van der Waals surface area contributed by atoms with Crippen LogP contribution in [-0.2, 0) is 23.9 Å². The molecule has 5 heterocycles. The van der Waals surface area contributed by atoms with Gasteiger partial charge in [0.25, 0.3) is 0 Å². The number of aliphatic hydroxyl groups excluding tert-OH is 1. The number of amides is 2. The van der Waals surface area contributed by atoms with E-state index in [9.17, 15) is 19.5 Å². The van der Waals surface area contributed by atoms with Crippen LogP contribution in [0.15, 0.2) is 54.6 Å². The molecule has 6 atom stereocenters. The number of morpholine rings is 1. The van der Waals surface area contributed by atoms with Crippen molar-refractivity contribution in [2.45, 2.75) is 41.3 Å². The van der Waals surface area contributed by atoms with Crippen molar-refractivity contribution in [3.63, 3.8) is 0 Å². The number of rotatable bonds is 6. The third-order valence-corrected chi connectivity index (χ3v) is 10.8. The lowest BCUT2D eigenvalue weighted by atomic mass is 9.78. The van der Waals surface area contributed by atoms with Gasteiger partial charge < -0.3 is 24.4 Å².